The lowest BCUT2D eigenvalue weighted by atomic mass is 10.2. The highest BCUT2D eigenvalue weighted by Crippen LogP contribution is 2.21. The Morgan fingerprint density at radius 2 is 1.77 bits per heavy atom. The fraction of sp³-hybridized carbons (Fsp3) is 0.222. The summed E-state index contributed by atoms with van der Waals surface area (Å²) in [5, 5.41) is 3.92. The van der Waals surface area contributed by atoms with Gasteiger partial charge in [-0.05, 0) is 43.3 Å². The van der Waals surface area contributed by atoms with E-state index in [1.807, 2.05) is 31.2 Å². The molecular weight excluding hydrogens is 354 g/mol. The average Bonchev–Trinajstić information content (AvgIpc) is 3.12. The van der Waals surface area contributed by atoms with Crippen LogP contribution in [0.4, 0.5) is 0 Å². The van der Waals surface area contributed by atoms with Crippen LogP contribution in [0.25, 0.3) is 11.4 Å². The molecule has 0 aliphatic rings. The number of aromatic nitrogens is 2. The molecule has 1 aromatic heterocycles. The van der Waals surface area contributed by atoms with Crippen LogP contribution in [0.2, 0.25) is 0 Å². The number of benzene rings is 2. The third-order valence-electron chi connectivity index (χ3n) is 3.70. The lowest BCUT2D eigenvalue weighted by Gasteiger charge is -2.14. The second-order valence-corrected chi connectivity index (χ2v) is 7.59. The van der Waals surface area contributed by atoms with Crippen molar-refractivity contribution in [2.45, 2.75) is 18.4 Å². The van der Waals surface area contributed by atoms with Gasteiger partial charge >= 0.3 is 0 Å². The van der Waals surface area contributed by atoms with Crippen molar-refractivity contribution in [3.05, 3.63) is 60.5 Å². The number of hydrogen-bond acceptors (Lipinski definition) is 6. The van der Waals surface area contributed by atoms with Gasteiger partial charge in [0.15, 0.2) is 0 Å². The Bertz CT molecular complexity index is 954. The zero-order valence-corrected chi connectivity index (χ0v) is 15.3. The van der Waals surface area contributed by atoms with E-state index in [2.05, 4.69) is 10.1 Å². The molecule has 0 aliphatic heterocycles. The number of hydrogen-bond donors (Lipinski definition) is 0. The van der Waals surface area contributed by atoms with Gasteiger partial charge < -0.3 is 9.26 Å². The fourth-order valence-electron chi connectivity index (χ4n) is 2.35. The van der Waals surface area contributed by atoms with Crippen molar-refractivity contribution in [3.63, 3.8) is 0 Å². The van der Waals surface area contributed by atoms with E-state index >= 15 is 0 Å². The van der Waals surface area contributed by atoms with Crippen LogP contribution in [0, 0.1) is 0 Å². The maximum Gasteiger partial charge on any atom is 0.243 e. The Hall–Kier alpha value is -2.71. The van der Waals surface area contributed by atoms with Gasteiger partial charge in [-0.2, -0.15) is 9.29 Å². The third-order valence-corrected chi connectivity index (χ3v) is 5.52. The number of sulfonamides is 1. The van der Waals surface area contributed by atoms with Crippen molar-refractivity contribution in [2.75, 3.05) is 13.7 Å². The van der Waals surface area contributed by atoms with E-state index in [0.29, 0.717) is 12.4 Å². The van der Waals surface area contributed by atoms with E-state index in [4.69, 9.17) is 9.26 Å². The monoisotopic (exact) mass is 373 g/mol. The van der Waals surface area contributed by atoms with Crippen molar-refractivity contribution >= 4 is 10.0 Å². The molecule has 0 radical (unpaired) electrons. The Balaban J connectivity index is 1.74. The Morgan fingerprint density at radius 1 is 1.08 bits per heavy atom. The maximum atomic E-state index is 12.5. The quantitative estimate of drug-likeness (QED) is 0.633. The molecule has 26 heavy (non-hydrogen) atoms. The Labute approximate surface area is 152 Å². The summed E-state index contributed by atoms with van der Waals surface area (Å²) in [6.45, 7) is 2.49. The molecule has 0 bridgehead atoms. The van der Waals surface area contributed by atoms with Gasteiger partial charge in [0.25, 0.3) is 0 Å². The standard InChI is InChI=1S/C18H19N3O4S/c1-3-24-15-11-9-14(10-12-15)18-19-17(25-20-18)13-21(2)26(22,23)16-7-5-4-6-8-16/h4-12H,3,13H2,1-2H3. The Morgan fingerprint density at radius 3 is 2.42 bits per heavy atom. The van der Waals surface area contributed by atoms with Crippen molar-refractivity contribution in [1.82, 2.24) is 14.4 Å². The minimum absolute atomic E-state index is 0.0126. The average molecular weight is 373 g/mol. The van der Waals surface area contributed by atoms with Gasteiger partial charge in [0.05, 0.1) is 18.0 Å². The second kappa shape index (κ2) is 7.67. The van der Waals surface area contributed by atoms with Gasteiger partial charge in [-0.25, -0.2) is 8.42 Å². The minimum atomic E-state index is -3.62. The second-order valence-electron chi connectivity index (χ2n) is 5.54. The van der Waals surface area contributed by atoms with Crippen LogP contribution >= 0.6 is 0 Å². The lowest BCUT2D eigenvalue weighted by molar-refractivity contribution is 0.336. The first kappa shape index (κ1) is 18.1. The zero-order valence-electron chi connectivity index (χ0n) is 14.5. The van der Waals surface area contributed by atoms with Crippen molar-refractivity contribution in [1.29, 1.82) is 0 Å². The molecule has 0 saturated carbocycles. The molecule has 0 spiro atoms. The smallest absolute Gasteiger partial charge is 0.243 e. The van der Waals surface area contributed by atoms with E-state index in [9.17, 15) is 8.42 Å². The minimum Gasteiger partial charge on any atom is -0.494 e. The van der Waals surface area contributed by atoms with Crippen molar-refractivity contribution < 1.29 is 17.7 Å². The van der Waals surface area contributed by atoms with Crippen LogP contribution in [0.15, 0.2) is 64.0 Å². The summed E-state index contributed by atoms with van der Waals surface area (Å²) < 4.78 is 36.8. The topological polar surface area (TPSA) is 85.5 Å². The van der Waals surface area contributed by atoms with E-state index in [1.165, 1.54) is 11.4 Å². The molecule has 7 nitrogen and oxygen atoms in total. The molecule has 136 valence electrons. The van der Waals surface area contributed by atoms with E-state index in [-0.39, 0.29) is 17.3 Å². The van der Waals surface area contributed by atoms with Crippen LogP contribution in [-0.2, 0) is 16.6 Å². The van der Waals surface area contributed by atoms with Crippen molar-refractivity contribution in [3.8, 4) is 17.1 Å². The molecule has 1 heterocycles. The predicted molar refractivity (Wildman–Crippen MR) is 96.0 cm³/mol. The van der Waals surface area contributed by atoms with Gasteiger partial charge in [0, 0.05) is 12.6 Å². The molecule has 3 aromatic rings. The molecule has 0 atom stereocenters. The summed E-state index contributed by atoms with van der Waals surface area (Å²) in [6.07, 6.45) is 0. The van der Waals surface area contributed by atoms with Gasteiger partial charge in [-0.1, -0.05) is 23.4 Å². The molecule has 2 aromatic carbocycles. The van der Waals surface area contributed by atoms with E-state index in [1.54, 1.807) is 30.3 Å². The number of rotatable bonds is 7. The third kappa shape index (κ3) is 3.92. The lowest BCUT2D eigenvalue weighted by Crippen LogP contribution is -2.26. The number of nitrogens with zero attached hydrogens (tertiary/aromatic N) is 3. The summed E-state index contributed by atoms with van der Waals surface area (Å²) in [5.74, 6) is 1.37. The van der Waals surface area contributed by atoms with E-state index < -0.39 is 10.0 Å². The zero-order chi connectivity index (χ0) is 18.6. The first-order chi connectivity index (χ1) is 12.5. The van der Waals surface area contributed by atoms with Gasteiger partial charge in [-0.15, -0.1) is 0 Å². The largest absolute Gasteiger partial charge is 0.494 e. The molecule has 0 N–H and O–H groups in total. The van der Waals surface area contributed by atoms with Gasteiger partial charge in [0.2, 0.25) is 21.7 Å². The number of ether oxygens (including phenoxy) is 1. The molecule has 3 rings (SSSR count). The predicted octanol–water partition coefficient (Wildman–Crippen LogP) is 2.96. The fourth-order valence-corrected chi connectivity index (χ4v) is 3.49. The molecule has 0 aliphatic carbocycles. The molecule has 0 amide bonds. The first-order valence-electron chi connectivity index (χ1n) is 8.08. The van der Waals surface area contributed by atoms with Gasteiger partial charge in [0.1, 0.15) is 5.75 Å². The van der Waals surface area contributed by atoms with Crippen LogP contribution in [0.3, 0.4) is 0 Å². The van der Waals surface area contributed by atoms with Gasteiger partial charge in [-0.3, -0.25) is 0 Å². The normalized spacial score (nSPS) is 11.7. The molecule has 0 fully saturated rings. The van der Waals surface area contributed by atoms with Crippen LogP contribution in [0.1, 0.15) is 12.8 Å². The molecule has 0 unspecified atom stereocenters. The summed E-state index contributed by atoms with van der Waals surface area (Å²) >= 11 is 0. The highest BCUT2D eigenvalue weighted by Gasteiger charge is 2.23. The molecule has 0 saturated heterocycles. The molecule has 8 heteroatoms. The first-order valence-corrected chi connectivity index (χ1v) is 9.52. The van der Waals surface area contributed by atoms with Crippen LogP contribution < -0.4 is 4.74 Å². The van der Waals surface area contributed by atoms with Crippen molar-refractivity contribution in [2.24, 2.45) is 0 Å². The molecular formula is C18H19N3O4S. The summed E-state index contributed by atoms with van der Waals surface area (Å²) in [5.41, 5.74) is 0.761. The highest BCUT2D eigenvalue weighted by atomic mass is 32.2. The maximum absolute atomic E-state index is 12.5. The van der Waals surface area contributed by atoms with E-state index in [0.717, 1.165) is 11.3 Å². The summed E-state index contributed by atoms with van der Waals surface area (Å²) in [6, 6.07) is 15.5. The van der Waals surface area contributed by atoms with Crippen LogP contribution in [0.5, 0.6) is 5.75 Å². The van der Waals surface area contributed by atoms with Crippen LogP contribution in [-0.4, -0.2) is 36.5 Å². The summed E-state index contributed by atoms with van der Waals surface area (Å²) in [4.78, 5) is 4.50. The summed E-state index contributed by atoms with van der Waals surface area (Å²) in [7, 11) is -2.14. The highest BCUT2D eigenvalue weighted by molar-refractivity contribution is 7.89. The Kier molecular flexibility index (Phi) is 5.34. The SMILES string of the molecule is CCOc1ccc(-c2noc(CN(C)S(=O)(=O)c3ccccc3)n2)cc1.